The van der Waals surface area contributed by atoms with Gasteiger partial charge in [-0.3, -0.25) is 4.79 Å². The van der Waals surface area contributed by atoms with Gasteiger partial charge in [-0.15, -0.1) is 0 Å². The Bertz CT molecular complexity index is 783. The molecular weight excluding hydrogens is 306 g/mol. The molecule has 0 saturated heterocycles. The summed E-state index contributed by atoms with van der Waals surface area (Å²) >= 11 is 0. The standard InChI is InChI=1S/C19H19NO4/c1-13-3-6-16(22-2)15(9-13)5-8-19(21)20-11-14-4-7-17-18(10-14)24-12-23-17/h3-10H,11-12H2,1-2H3,(H,20,21)/b8-5+. The summed E-state index contributed by atoms with van der Waals surface area (Å²) in [6.07, 6.45) is 3.26. The van der Waals surface area contributed by atoms with Gasteiger partial charge in [-0.25, -0.2) is 0 Å². The Labute approximate surface area is 140 Å². The molecule has 1 aliphatic heterocycles. The number of fused-ring (bicyclic) bond motifs is 1. The number of amides is 1. The highest BCUT2D eigenvalue weighted by atomic mass is 16.7. The molecule has 0 radical (unpaired) electrons. The molecule has 5 heteroatoms. The summed E-state index contributed by atoms with van der Waals surface area (Å²) in [5.74, 6) is 2.01. The van der Waals surface area contributed by atoms with Crippen LogP contribution < -0.4 is 19.5 Å². The Balaban J connectivity index is 1.60. The van der Waals surface area contributed by atoms with Crippen molar-refractivity contribution in [3.8, 4) is 17.2 Å². The van der Waals surface area contributed by atoms with Crippen LogP contribution in [-0.2, 0) is 11.3 Å². The van der Waals surface area contributed by atoms with E-state index in [1.165, 1.54) is 6.08 Å². The minimum atomic E-state index is -0.170. The quantitative estimate of drug-likeness (QED) is 0.859. The maximum atomic E-state index is 12.0. The number of aryl methyl sites for hydroxylation is 1. The van der Waals surface area contributed by atoms with Crippen molar-refractivity contribution < 1.29 is 19.0 Å². The second-order valence-electron chi connectivity index (χ2n) is 5.48. The molecule has 1 heterocycles. The van der Waals surface area contributed by atoms with E-state index in [1.54, 1.807) is 13.2 Å². The van der Waals surface area contributed by atoms with Crippen LogP contribution in [0.25, 0.3) is 6.08 Å². The fourth-order valence-electron chi connectivity index (χ4n) is 2.45. The first-order valence-electron chi connectivity index (χ1n) is 7.65. The Morgan fingerprint density at radius 2 is 2.04 bits per heavy atom. The molecule has 24 heavy (non-hydrogen) atoms. The molecule has 2 aromatic rings. The summed E-state index contributed by atoms with van der Waals surface area (Å²) in [7, 11) is 1.61. The zero-order chi connectivity index (χ0) is 16.9. The van der Waals surface area contributed by atoms with Gasteiger partial charge in [0.2, 0.25) is 12.7 Å². The second-order valence-corrected chi connectivity index (χ2v) is 5.48. The fraction of sp³-hybridized carbons (Fsp3) is 0.211. The number of carbonyl (C=O) groups excluding carboxylic acids is 1. The Kier molecular flexibility index (Phi) is 4.70. The molecule has 5 nitrogen and oxygen atoms in total. The van der Waals surface area contributed by atoms with Crippen molar-refractivity contribution in [2.45, 2.75) is 13.5 Å². The van der Waals surface area contributed by atoms with E-state index in [0.717, 1.165) is 28.2 Å². The SMILES string of the molecule is COc1ccc(C)cc1/C=C/C(=O)NCc1ccc2c(c1)OCO2. The molecule has 0 saturated carbocycles. The third-order valence-corrected chi connectivity index (χ3v) is 3.70. The lowest BCUT2D eigenvalue weighted by Gasteiger charge is -2.06. The molecule has 0 unspecified atom stereocenters. The topological polar surface area (TPSA) is 56.8 Å². The zero-order valence-corrected chi connectivity index (χ0v) is 13.7. The van der Waals surface area contributed by atoms with Crippen LogP contribution in [0, 0.1) is 6.92 Å². The van der Waals surface area contributed by atoms with E-state index in [2.05, 4.69) is 5.32 Å². The van der Waals surface area contributed by atoms with E-state index in [0.29, 0.717) is 12.3 Å². The first-order chi connectivity index (χ1) is 11.7. The highest BCUT2D eigenvalue weighted by Crippen LogP contribution is 2.32. The first-order valence-corrected chi connectivity index (χ1v) is 7.65. The van der Waals surface area contributed by atoms with Crippen molar-refractivity contribution in [3.63, 3.8) is 0 Å². The molecule has 0 aliphatic carbocycles. The van der Waals surface area contributed by atoms with Crippen LogP contribution in [0.4, 0.5) is 0 Å². The van der Waals surface area contributed by atoms with Gasteiger partial charge in [0.1, 0.15) is 5.75 Å². The van der Waals surface area contributed by atoms with Crippen LogP contribution in [0.15, 0.2) is 42.5 Å². The summed E-state index contributed by atoms with van der Waals surface area (Å²) < 4.78 is 15.9. The summed E-state index contributed by atoms with van der Waals surface area (Å²) in [6, 6.07) is 11.4. The van der Waals surface area contributed by atoms with E-state index in [9.17, 15) is 4.79 Å². The Morgan fingerprint density at radius 3 is 2.88 bits per heavy atom. The van der Waals surface area contributed by atoms with Gasteiger partial charge in [-0.05, 0) is 42.8 Å². The number of methoxy groups -OCH3 is 1. The monoisotopic (exact) mass is 325 g/mol. The summed E-state index contributed by atoms with van der Waals surface area (Å²) in [4.78, 5) is 12.0. The third kappa shape index (κ3) is 3.68. The van der Waals surface area contributed by atoms with Crippen LogP contribution in [0.3, 0.4) is 0 Å². The van der Waals surface area contributed by atoms with Gasteiger partial charge >= 0.3 is 0 Å². The van der Waals surface area contributed by atoms with Crippen LogP contribution in [-0.4, -0.2) is 19.8 Å². The summed E-state index contributed by atoms with van der Waals surface area (Å²) in [5, 5.41) is 2.85. The van der Waals surface area contributed by atoms with Crippen LogP contribution in [0.2, 0.25) is 0 Å². The lowest BCUT2D eigenvalue weighted by molar-refractivity contribution is -0.116. The molecular formula is C19H19NO4. The Morgan fingerprint density at radius 1 is 1.21 bits per heavy atom. The largest absolute Gasteiger partial charge is 0.496 e. The summed E-state index contributed by atoms with van der Waals surface area (Å²) in [5.41, 5.74) is 2.93. The predicted molar refractivity (Wildman–Crippen MR) is 91.2 cm³/mol. The highest BCUT2D eigenvalue weighted by molar-refractivity contribution is 5.92. The molecule has 2 aromatic carbocycles. The van der Waals surface area contributed by atoms with Crippen LogP contribution in [0.1, 0.15) is 16.7 Å². The van der Waals surface area contributed by atoms with Gasteiger partial charge in [-0.2, -0.15) is 0 Å². The average molecular weight is 325 g/mol. The van der Waals surface area contributed by atoms with E-state index >= 15 is 0 Å². The highest BCUT2D eigenvalue weighted by Gasteiger charge is 2.13. The minimum absolute atomic E-state index is 0.170. The molecule has 1 amide bonds. The molecule has 124 valence electrons. The van der Waals surface area contributed by atoms with Gasteiger partial charge < -0.3 is 19.5 Å². The predicted octanol–water partition coefficient (Wildman–Crippen LogP) is 3.06. The van der Waals surface area contributed by atoms with Crippen molar-refractivity contribution in [1.82, 2.24) is 5.32 Å². The second kappa shape index (κ2) is 7.08. The molecule has 0 spiro atoms. The molecule has 1 N–H and O–H groups in total. The number of nitrogens with one attached hydrogen (secondary N) is 1. The maximum Gasteiger partial charge on any atom is 0.244 e. The zero-order valence-electron chi connectivity index (χ0n) is 13.7. The molecule has 0 atom stereocenters. The van der Waals surface area contributed by atoms with Gasteiger partial charge in [-0.1, -0.05) is 17.7 Å². The average Bonchev–Trinajstić information content (AvgIpc) is 3.06. The number of hydrogen-bond donors (Lipinski definition) is 1. The van der Waals surface area contributed by atoms with Crippen LogP contribution >= 0.6 is 0 Å². The maximum absolute atomic E-state index is 12.0. The van der Waals surface area contributed by atoms with Crippen molar-refractivity contribution in [1.29, 1.82) is 0 Å². The molecule has 0 fully saturated rings. The molecule has 3 rings (SSSR count). The lowest BCUT2D eigenvalue weighted by atomic mass is 10.1. The van der Waals surface area contributed by atoms with Crippen molar-refractivity contribution in [3.05, 3.63) is 59.2 Å². The number of ether oxygens (including phenoxy) is 3. The lowest BCUT2D eigenvalue weighted by Crippen LogP contribution is -2.20. The molecule has 1 aliphatic rings. The van der Waals surface area contributed by atoms with Gasteiger partial charge in [0.05, 0.1) is 7.11 Å². The minimum Gasteiger partial charge on any atom is -0.496 e. The van der Waals surface area contributed by atoms with Gasteiger partial charge in [0.25, 0.3) is 0 Å². The van der Waals surface area contributed by atoms with E-state index in [-0.39, 0.29) is 12.7 Å². The normalized spacial score (nSPS) is 12.4. The first kappa shape index (κ1) is 15.9. The number of benzene rings is 2. The van der Waals surface area contributed by atoms with Crippen molar-refractivity contribution in [2.75, 3.05) is 13.9 Å². The summed E-state index contributed by atoms with van der Waals surface area (Å²) in [6.45, 7) is 2.66. The van der Waals surface area contributed by atoms with E-state index < -0.39 is 0 Å². The van der Waals surface area contributed by atoms with Crippen LogP contribution in [0.5, 0.6) is 17.2 Å². The number of rotatable bonds is 5. The smallest absolute Gasteiger partial charge is 0.244 e. The van der Waals surface area contributed by atoms with E-state index in [4.69, 9.17) is 14.2 Å². The molecule has 0 bridgehead atoms. The number of hydrogen-bond acceptors (Lipinski definition) is 4. The third-order valence-electron chi connectivity index (χ3n) is 3.70. The van der Waals surface area contributed by atoms with Crippen molar-refractivity contribution >= 4 is 12.0 Å². The fourth-order valence-corrected chi connectivity index (χ4v) is 2.45. The van der Waals surface area contributed by atoms with Gasteiger partial charge in [0, 0.05) is 18.2 Å². The van der Waals surface area contributed by atoms with Gasteiger partial charge in [0.15, 0.2) is 11.5 Å². The van der Waals surface area contributed by atoms with E-state index in [1.807, 2.05) is 43.3 Å². The number of carbonyl (C=O) groups is 1. The Hall–Kier alpha value is -2.95. The van der Waals surface area contributed by atoms with Crippen molar-refractivity contribution in [2.24, 2.45) is 0 Å². The molecule has 0 aromatic heterocycles.